The number of hydrogen-bond donors (Lipinski definition) is 1. The molecule has 1 aromatic carbocycles. The summed E-state index contributed by atoms with van der Waals surface area (Å²) in [5.41, 5.74) is 7.80. The first-order valence-corrected chi connectivity index (χ1v) is 6.75. The highest BCUT2D eigenvalue weighted by atomic mass is 32.1. The predicted molar refractivity (Wildman–Crippen MR) is 76.8 cm³/mol. The summed E-state index contributed by atoms with van der Waals surface area (Å²) in [4.78, 5) is 6.69. The second kappa shape index (κ2) is 5.35. The zero-order valence-electron chi connectivity index (χ0n) is 10.9. The van der Waals surface area contributed by atoms with E-state index < -0.39 is 0 Å². The minimum absolute atomic E-state index is 0.374. The van der Waals surface area contributed by atoms with E-state index in [2.05, 4.69) is 34.2 Å². The Bertz CT molecular complexity index is 521. The fourth-order valence-electron chi connectivity index (χ4n) is 1.76. The highest BCUT2D eigenvalue weighted by Crippen LogP contribution is 2.22. The van der Waals surface area contributed by atoms with Gasteiger partial charge in [-0.2, -0.15) is 4.37 Å². The topological polar surface area (TPSA) is 55.0 Å². The molecule has 0 saturated carbocycles. The van der Waals surface area contributed by atoms with Crippen LogP contribution in [0, 0.1) is 6.92 Å². The van der Waals surface area contributed by atoms with Gasteiger partial charge in [-0.05, 0) is 38.5 Å². The number of nitrogens with zero attached hydrogens (tertiary/aromatic N) is 3. The lowest BCUT2D eigenvalue weighted by Gasteiger charge is -2.25. The maximum atomic E-state index is 5.81. The molecule has 0 unspecified atom stereocenters. The lowest BCUT2D eigenvalue weighted by atomic mass is 10.2. The molecule has 96 valence electrons. The number of anilines is 2. The SMILES string of the molecule is Cc1nsc(N(Cc2cccc(N)c2)C(C)C)n1. The molecule has 2 rings (SSSR count). The lowest BCUT2D eigenvalue weighted by Crippen LogP contribution is -2.30. The van der Waals surface area contributed by atoms with Crippen molar-refractivity contribution in [3.8, 4) is 0 Å². The first-order valence-electron chi connectivity index (χ1n) is 5.97. The number of aromatic nitrogens is 2. The molecule has 0 atom stereocenters. The minimum Gasteiger partial charge on any atom is -0.399 e. The van der Waals surface area contributed by atoms with Gasteiger partial charge in [-0.1, -0.05) is 12.1 Å². The van der Waals surface area contributed by atoms with Crippen LogP contribution in [-0.4, -0.2) is 15.4 Å². The molecule has 0 fully saturated rings. The van der Waals surface area contributed by atoms with Crippen molar-refractivity contribution in [3.05, 3.63) is 35.7 Å². The van der Waals surface area contributed by atoms with Crippen LogP contribution < -0.4 is 10.6 Å². The van der Waals surface area contributed by atoms with Gasteiger partial charge in [-0.25, -0.2) is 4.98 Å². The van der Waals surface area contributed by atoms with Crippen molar-refractivity contribution >= 4 is 22.4 Å². The first kappa shape index (κ1) is 12.8. The minimum atomic E-state index is 0.374. The molecule has 1 heterocycles. The van der Waals surface area contributed by atoms with Crippen LogP contribution in [0.5, 0.6) is 0 Å². The van der Waals surface area contributed by atoms with E-state index in [1.54, 1.807) is 0 Å². The highest BCUT2D eigenvalue weighted by molar-refractivity contribution is 7.09. The Balaban J connectivity index is 2.22. The summed E-state index contributed by atoms with van der Waals surface area (Å²) < 4.78 is 4.24. The average Bonchev–Trinajstić information content (AvgIpc) is 2.72. The number of nitrogen functional groups attached to an aromatic ring is 1. The number of benzene rings is 1. The quantitative estimate of drug-likeness (QED) is 0.861. The third kappa shape index (κ3) is 2.98. The van der Waals surface area contributed by atoms with Crippen LogP contribution in [0.2, 0.25) is 0 Å². The Morgan fingerprint density at radius 3 is 2.72 bits per heavy atom. The smallest absolute Gasteiger partial charge is 0.205 e. The van der Waals surface area contributed by atoms with Gasteiger partial charge in [0.15, 0.2) is 0 Å². The van der Waals surface area contributed by atoms with E-state index in [4.69, 9.17) is 5.73 Å². The Labute approximate surface area is 112 Å². The Morgan fingerprint density at radius 1 is 1.39 bits per heavy atom. The maximum absolute atomic E-state index is 5.81. The molecule has 0 aliphatic heterocycles. The van der Waals surface area contributed by atoms with Crippen molar-refractivity contribution in [2.45, 2.75) is 33.4 Å². The van der Waals surface area contributed by atoms with Crippen LogP contribution >= 0.6 is 11.5 Å². The van der Waals surface area contributed by atoms with Gasteiger partial charge in [0, 0.05) is 29.8 Å². The number of nitrogens with two attached hydrogens (primary N) is 1. The van der Waals surface area contributed by atoms with E-state index >= 15 is 0 Å². The Morgan fingerprint density at radius 2 is 2.17 bits per heavy atom. The largest absolute Gasteiger partial charge is 0.399 e. The molecule has 0 aliphatic rings. The zero-order valence-corrected chi connectivity index (χ0v) is 11.7. The molecule has 0 spiro atoms. The van der Waals surface area contributed by atoms with E-state index in [-0.39, 0.29) is 0 Å². The van der Waals surface area contributed by atoms with E-state index in [1.807, 2.05) is 25.1 Å². The second-order valence-electron chi connectivity index (χ2n) is 4.59. The molecule has 2 aromatic rings. The molecule has 0 amide bonds. The van der Waals surface area contributed by atoms with Gasteiger partial charge in [-0.15, -0.1) is 0 Å². The molecular formula is C13H18N4S. The van der Waals surface area contributed by atoms with Gasteiger partial charge in [0.1, 0.15) is 5.82 Å². The fraction of sp³-hybridized carbons (Fsp3) is 0.385. The summed E-state index contributed by atoms with van der Waals surface area (Å²) in [6, 6.07) is 8.34. The molecule has 0 bridgehead atoms. The third-order valence-electron chi connectivity index (χ3n) is 2.69. The number of aryl methyl sites for hydroxylation is 1. The van der Waals surface area contributed by atoms with E-state index in [9.17, 15) is 0 Å². The van der Waals surface area contributed by atoms with Gasteiger partial charge in [0.2, 0.25) is 5.13 Å². The molecule has 2 N–H and O–H groups in total. The van der Waals surface area contributed by atoms with Gasteiger partial charge in [0.05, 0.1) is 0 Å². The van der Waals surface area contributed by atoms with Crippen molar-refractivity contribution in [3.63, 3.8) is 0 Å². The lowest BCUT2D eigenvalue weighted by molar-refractivity contribution is 0.679. The zero-order chi connectivity index (χ0) is 13.1. The van der Waals surface area contributed by atoms with Gasteiger partial charge in [0.25, 0.3) is 0 Å². The van der Waals surface area contributed by atoms with Crippen molar-refractivity contribution in [1.29, 1.82) is 0 Å². The van der Waals surface area contributed by atoms with Crippen LogP contribution in [-0.2, 0) is 6.54 Å². The Kier molecular flexibility index (Phi) is 3.81. The second-order valence-corrected chi connectivity index (χ2v) is 5.32. The summed E-state index contributed by atoms with van der Waals surface area (Å²) in [6.07, 6.45) is 0. The molecular weight excluding hydrogens is 244 g/mol. The van der Waals surface area contributed by atoms with Crippen LogP contribution in [0.3, 0.4) is 0 Å². The van der Waals surface area contributed by atoms with Crippen LogP contribution in [0.4, 0.5) is 10.8 Å². The van der Waals surface area contributed by atoms with E-state index in [1.165, 1.54) is 17.1 Å². The maximum Gasteiger partial charge on any atom is 0.205 e. The number of hydrogen-bond acceptors (Lipinski definition) is 5. The summed E-state index contributed by atoms with van der Waals surface area (Å²) in [5, 5.41) is 0.963. The van der Waals surface area contributed by atoms with Crippen molar-refractivity contribution in [2.75, 3.05) is 10.6 Å². The summed E-state index contributed by atoms with van der Waals surface area (Å²) >= 11 is 1.44. The van der Waals surface area contributed by atoms with Gasteiger partial charge >= 0.3 is 0 Å². The standard InChI is InChI=1S/C13H18N4S/c1-9(2)17(13-15-10(3)16-18-13)8-11-5-4-6-12(14)7-11/h4-7,9H,8,14H2,1-3H3. The van der Waals surface area contributed by atoms with Crippen LogP contribution in [0.25, 0.3) is 0 Å². The van der Waals surface area contributed by atoms with Crippen LogP contribution in [0.1, 0.15) is 25.2 Å². The average molecular weight is 262 g/mol. The molecule has 5 heteroatoms. The molecule has 0 radical (unpaired) electrons. The molecule has 4 nitrogen and oxygen atoms in total. The fourth-order valence-corrected chi connectivity index (χ4v) is 2.57. The monoisotopic (exact) mass is 262 g/mol. The van der Waals surface area contributed by atoms with Gasteiger partial charge in [-0.3, -0.25) is 0 Å². The molecule has 0 saturated heterocycles. The van der Waals surface area contributed by atoms with E-state index in [0.29, 0.717) is 6.04 Å². The summed E-state index contributed by atoms with van der Waals surface area (Å²) in [7, 11) is 0. The highest BCUT2D eigenvalue weighted by Gasteiger charge is 2.15. The molecule has 0 aliphatic carbocycles. The molecule has 18 heavy (non-hydrogen) atoms. The van der Waals surface area contributed by atoms with E-state index in [0.717, 1.165) is 23.2 Å². The third-order valence-corrected chi connectivity index (χ3v) is 3.53. The molecule has 1 aromatic heterocycles. The summed E-state index contributed by atoms with van der Waals surface area (Å²) in [5.74, 6) is 0.827. The van der Waals surface area contributed by atoms with Gasteiger partial charge < -0.3 is 10.6 Å². The number of rotatable bonds is 4. The van der Waals surface area contributed by atoms with Crippen molar-refractivity contribution in [1.82, 2.24) is 9.36 Å². The van der Waals surface area contributed by atoms with Crippen molar-refractivity contribution < 1.29 is 0 Å². The van der Waals surface area contributed by atoms with Crippen LogP contribution in [0.15, 0.2) is 24.3 Å². The first-order chi connectivity index (χ1) is 8.56. The predicted octanol–water partition coefficient (Wildman–Crippen LogP) is 2.84. The summed E-state index contributed by atoms with van der Waals surface area (Å²) in [6.45, 7) is 7.03. The van der Waals surface area contributed by atoms with Crippen molar-refractivity contribution in [2.24, 2.45) is 0 Å². The normalized spacial score (nSPS) is 10.9. The Hall–Kier alpha value is -1.62.